The van der Waals surface area contributed by atoms with Crippen molar-refractivity contribution >= 4 is 17.8 Å². The van der Waals surface area contributed by atoms with Crippen LogP contribution in [0.15, 0.2) is 18.3 Å². The number of aromatic carboxylic acids is 1. The number of carbonyl (C=O) groups is 3. The monoisotopic (exact) mass is 321 g/mol. The Morgan fingerprint density at radius 2 is 2.17 bits per heavy atom. The number of hydrogen-bond donors (Lipinski definition) is 2. The van der Waals surface area contributed by atoms with E-state index in [0.29, 0.717) is 19.4 Å². The highest BCUT2D eigenvalue weighted by molar-refractivity contribution is 6.00. The highest BCUT2D eigenvalue weighted by Crippen LogP contribution is 2.31. The van der Waals surface area contributed by atoms with E-state index in [0.717, 1.165) is 0 Å². The number of hydrogen-bond acceptors (Lipinski definition) is 5. The van der Waals surface area contributed by atoms with Gasteiger partial charge in [0.25, 0.3) is 5.91 Å². The molecule has 23 heavy (non-hydrogen) atoms. The number of pyridine rings is 1. The minimum Gasteiger partial charge on any atom is -0.477 e. The number of carboxylic acids is 1. The van der Waals surface area contributed by atoms with Gasteiger partial charge in [0.1, 0.15) is 11.2 Å². The molecule has 0 aromatic carbocycles. The van der Waals surface area contributed by atoms with Gasteiger partial charge in [-0.3, -0.25) is 9.59 Å². The Morgan fingerprint density at radius 3 is 2.70 bits per heavy atom. The topological polar surface area (TPSA) is 109 Å². The van der Waals surface area contributed by atoms with E-state index in [1.165, 1.54) is 37.4 Å². The molecule has 8 nitrogen and oxygen atoms in total. The van der Waals surface area contributed by atoms with E-state index in [-0.39, 0.29) is 29.7 Å². The zero-order valence-electron chi connectivity index (χ0n) is 13.0. The van der Waals surface area contributed by atoms with Crippen molar-refractivity contribution in [1.29, 1.82) is 0 Å². The van der Waals surface area contributed by atoms with Crippen LogP contribution in [-0.4, -0.2) is 65.6 Å². The average molecular weight is 321 g/mol. The van der Waals surface area contributed by atoms with Crippen LogP contribution in [-0.2, 0) is 9.53 Å². The molecular weight excluding hydrogens is 302 g/mol. The SMILES string of the molecule is CNC(=O)C1(COC)CCCN1C(=O)c1ccc(C(=O)O)nc1. The van der Waals surface area contributed by atoms with Crippen molar-refractivity contribution in [3.05, 3.63) is 29.6 Å². The van der Waals surface area contributed by atoms with Crippen molar-refractivity contribution in [2.24, 2.45) is 0 Å². The highest BCUT2D eigenvalue weighted by Gasteiger charge is 2.49. The number of amides is 2. The molecule has 0 spiro atoms. The summed E-state index contributed by atoms with van der Waals surface area (Å²) < 4.78 is 5.17. The summed E-state index contributed by atoms with van der Waals surface area (Å²) >= 11 is 0. The number of carbonyl (C=O) groups excluding carboxylic acids is 2. The summed E-state index contributed by atoms with van der Waals surface area (Å²) in [5, 5.41) is 11.4. The lowest BCUT2D eigenvalue weighted by Crippen LogP contribution is -2.59. The second-order valence-electron chi connectivity index (χ2n) is 5.34. The summed E-state index contributed by atoms with van der Waals surface area (Å²) in [5.41, 5.74) is -0.954. The van der Waals surface area contributed by atoms with Crippen LogP contribution in [0.2, 0.25) is 0 Å². The Morgan fingerprint density at radius 1 is 1.43 bits per heavy atom. The smallest absolute Gasteiger partial charge is 0.354 e. The molecule has 0 saturated carbocycles. The van der Waals surface area contributed by atoms with Crippen molar-refractivity contribution < 1.29 is 24.2 Å². The number of likely N-dealkylation sites (N-methyl/N-ethyl adjacent to an activating group) is 1. The summed E-state index contributed by atoms with van der Waals surface area (Å²) in [7, 11) is 3.00. The summed E-state index contributed by atoms with van der Waals surface area (Å²) in [4.78, 5) is 41.1. The molecule has 1 aliphatic heterocycles. The molecule has 2 amide bonds. The third kappa shape index (κ3) is 3.02. The van der Waals surface area contributed by atoms with E-state index < -0.39 is 11.5 Å². The zero-order valence-corrected chi connectivity index (χ0v) is 13.0. The molecule has 1 aromatic rings. The molecule has 2 N–H and O–H groups in total. The first-order chi connectivity index (χ1) is 11.0. The molecule has 2 heterocycles. The maximum Gasteiger partial charge on any atom is 0.354 e. The van der Waals surface area contributed by atoms with Crippen LogP contribution in [0, 0.1) is 0 Å². The van der Waals surface area contributed by atoms with Crippen molar-refractivity contribution in [3.63, 3.8) is 0 Å². The Balaban J connectivity index is 2.32. The fourth-order valence-corrected chi connectivity index (χ4v) is 2.90. The summed E-state index contributed by atoms with van der Waals surface area (Å²) in [6.45, 7) is 0.523. The van der Waals surface area contributed by atoms with Gasteiger partial charge in [0, 0.05) is 26.9 Å². The van der Waals surface area contributed by atoms with Gasteiger partial charge in [-0.25, -0.2) is 9.78 Å². The molecule has 1 fully saturated rings. The van der Waals surface area contributed by atoms with E-state index in [1.54, 1.807) is 0 Å². The number of aromatic nitrogens is 1. The van der Waals surface area contributed by atoms with Crippen LogP contribution in [0.25, 0.3) is 0 Å². The molecule has 1 saturated heterocycles. The van der Waals surface area contributed by atoms with Crippen LogP contribution >= 0.6 is 0 Å². The number of methoxy groups -OCH3 is 1. The first kappa shape index (κ1) is 16.9. The van der Waals surface area contributed by atoms with Gasteiger partial charge in [-0.2, -0.15) is 0 Å². The van der Waals surface area contributed by atoms with E-state index in [9.17, 15) is 14.4 Å². The van der Waals surface area contributed by atoms with E-state index in [2.05, 4.69) is 10.3 Å². The van der Waals surface area contributed by atoms with Gasteiger partial charge in [0.05, 0.1) is 12.2 Å². The molecule has 1 unspecified atom stereocenters. The van der Waals surface area contributed by atoms with Crippen molar-refractivity contribution in [2.75, 3.05) is 27.3 Å². The molecule has 1 atom stereocenters. The highest BCUT2D eigenvalue weighted by atomic mass is 16.5. The minimum absolute atomic E-state index is 0.0963. The van der Waals surface area contributed by atoms with E-state index in [4.69, 9.17) is 9.84 Å². The lowest BCUT2D eigenvalue weighted by Gasteiger charge is -2.36. The third-order valence-electron chi connectivity index (χ3n) is 4.00. The maximum absolute atomic E-state index is 12.7. The molecule has 0 aliphatic carbocycles. The van der Waals surface area contributed by atoms with Crippen LogP contribution < -0.4 is 5.32 Å². The predicted molar refractivity (Wildman–Crippen MR) is 80.1 cm³/mol. The number of ether oxygens (including phenoxy) is 1. The minimum atomic E-state index is -1.16. The van der Waals surface area contributed by atoms with E-state index in [1.807, 2.05) is 0 Å². The Bertz CT molecular complexity index is 616. The van der Waals surface area contributed by atoms with Gasteiger partial charge >= 0.3 is 5.97 Å². The summed E-state index contributed by atoms with van der Waals surface area (Å²) in [6, 6.07) is 2.67. The Kier molecular flexibility index (Phi) is 4.95. The zero-order chi connectivity index (χ0) is 17.0. The number of carboxylic acid groups (broad SMARTS) is 1. The van der Waals surface area contributed by atoms with Gasteiger partial charge in [-0.15, -0.1) is 0 Å². The van der Waals surface area contributed by atoms with Gasteiger partial charge < -0.3 is 20.1 Å². The van der Waals surface area contributed by atoms with Crippen LogP contribution in [0.3, 0.4) is 0 Å². The molecular formula is C15H19N3O5. The van der Waals surface area contributed by atoms with Crippen LogP contribution in [0.1, 0.15) is 33.7 Å². The standard InChI is InChI=1S/C15H19N3O5/c1-16-14(22)15(9-23-2)6-3-7-18(15)12(19)10-4-5-11(13(20)21)17-8-10/h4-5,8H,3,6-7,9H2,1-2H3,(H,16,22)(H,20,21). The van der Waals surface area contributed by atoms with Crippen molar-refractivity contribution in [2.45, 2.75) is 18.4 Å². The van der Waals surface area contributed by atoms with Gasteiger partial charge in [-0.1, -0.05) is 0 Å². The van der Waals surface area contributed by atoms with Gasteiger partial charge in [0.15, 0.2) is 0 Å². The molecule has 124 valence electrons. The summed E-state index contributed by atoms with van der Waals surface area (Å²) in [5.74, 6) is -1.81. The second-order valence-corrected chi connectivity index (χ2v) is 5.34. The number of nitrogens with one attached hydrogen (secondary N) is 1. The molecule has 1 aromatic heterocycles. The predicted octanol–water partition coefficient (Wildman–Crippen LogP) is 0.147. The van der Waals surface area contributed by atoms with Crippen LogP contribution in [0.5, 0.6) is 0 Å². The maximum atomic E-state index is 12.7. The first-order valence-electron chi connectivity index (χ1n) is 7.18. The second kappa shape index (κ2) is 6.74. The fourth-order valence-electron chi connectivity index (χ4n) is 2.90. The van der Waals surface area contributed by atoms with Crippen LogP contribution in [0.4, 0.5) is 0 Å². The number of likely N-dealkylation sites (tertiary alicyclic amines) is 1. The van der Waals surface area contributed by atoms with Gasteiger partial charge in [0.2, 0.25) is 5.91 Å². The van der Waals surface area contributed by atoms with Gasteiger partial charge in [-0.05, 0) is 25.0 Å². The molecule has 1 aliphatic rings. The molecule has 2 rings (SSSR count). The normalized spacial score (nSPS) is 20.3. The average Bonchev–Trinajstić information content (AvgIpc) is 2.98. The van der Waals surface area contributed by atoms with E-state index >= 15 is 0 Å². The first-order valence-corrected chi connectivity index (χ1v) is 7.18. The summed E-state index contributed by atoms with van der Waals surface area (Å²) in [6.07, 6.45) is 2.40. The third-order valence-corrected chi connectivity index (χ3v) is 4.00. The van der Waals surface area contributed by atoms with Crippen molar-refractivity contribution in [3.8, 4) is 0 Å². The lowest BCUT2D eigenvalue weighted by molar-refractivity contribution is -0.133. The fraction of sp³-hybridized carbons (Fsp3) is 0.467. The Hall–Kier alpha value is -2.48. The Labute approximate surface area is 133 Å². The quantitative estimate of drug-likeness (QED) is 0.799. The largest absolute Gasteiger partial charge is 0.477 e. The molecule has 0 radical (unpaired) electrons. The lowest BCUT2D eigenvalue weighted by atomic mass is 9.95. The number of nitrogens with zero attached hydrogens (tertiary/aromatic N) is 2. The van der Waals surface area contributed by atoms with Crippen molar-refractivity contribution in [1.82, 2.24) is 15.2 Å². The molecule has 8 heteroatoms. The molecule has 0 bridgehead atoms. The number of rotatable bonds is 5.